The predicted molar refractivity (Wildman–Crippen MR) is 104 cm³/mol. The molecule has 0 unspecified atom stereocenters. The molecule has 0 aliphatic heterocycles. The van der Waals surface area contributed by atoms with Crippen molar-refractivity contribution in [1.29, 1.82) is 0 Å². The number of nitrogens with one attached hydrogen (secondary N) is 2. The second-order valence-electron chi connectivity index (χ2n) is 6.93. The summed E-state index contributed by atoms with van der Waals surface area (Å²) in [5.41, 5.74) is 1.33. The van der Waals surface area contributed by atoms with Gasteiger partial charge in [-0.2, -0.15) is 0 Å². The fourth-order valence-corrected chi connectivity index (χ4v) is 3.97. The molecule has 6 nitrogen and oxygen atoms in total. The predicted octanol–water partition coefficient (Wildman–Crippen LogP) is 3.19. The summed E-state index contributed by atoms with van der Waals surface area (Å²) in [6.45, 7) is 2.16. The van der Waals surface area contributed by atoms with Crippen LogP contribution in [-0.4, -0.2) is 37.0 Å². The van der Waals surface area contributed by atoms with Crippen LogP contribution >= 0.6 is 0 Å². The van der Waals surface area contributed by atoms with Crippen molar-refractivity contribution >= 4 is 15.8 Å². The van der Waals surface area contributed by atoms with Crippen molar-refractivity contribution in [2.75, 3.05) is 17.6 Å². The van der Waals surface area contributed by atoms with Gasteiger partial charge in [-0.15, -0.1) is 10.2 Å². The third kappa shape index (κ3) is 5.71. The van der Waals surface area contributed by atoms with Gasteiger partial charge in [-0.25, -0.2) is 17.5 Å². The van der Waals surface area contributed by atoms with Crippen molar-refractivity contribution < 1.29 is 12.8 Å². The Balaban J connectivity index is 1.49. The molecule has 1 fully saturated rings. The highest BCUT2D eigenvalue weighted by atomic mass is 32.2. The lowest BCUT2D eigenvalue weighted by atomic mass is 9.86. The molecule has 2 aromatic rings. The summed E-state index contributed by atoms with van der Waals surface area (Å²) >= 11 is 0. The van der Waals surface area contributed by atoms with Crippen LogP contribution in [0.25, 0.3) is 11.3 Å². The maximum absolute atomic E-state index is 13.3. The van der Waals surface area contributed by atoms with E-state index in [-0.39, 0.29) is 11.6 Å². The molecular weight excluding hydrogens is 367 g/mol. The zero-order chi connectivity index (χ0) is 19.3. The quantitative estimate of drug-likeness (QED) is 0.756. The summed E-state index contributed by atoms with van der Waals surface area (Å²) in [4.78, 5) is 0. The van der Waals surface area contributed by atoms with Crippen LogP contribution in [0.1, 0.15) is 32.6 Å². The number of sulfonamides is 1. The molecule has 1 aliphatic rings. The first kappa shape index (κ1) is 19.7. The third-order valence-electron chi connectivity index (χ3n) is 4.96. The Morgan fingerprint density at radius 1 is 1.11 bits per heavy atom. The monoisotopic (exact) mass is 392 g/mol. The molecule has 1 heterocycles. The van der Waals surface area contributed by atoms with E-state index in [9.17, 15) is 12.8 Å². The Hall–Kier alpha value is -2.06. The van der Waals surface area contributed by atoms with Crippen LogP contribution in [0.4, 0.5) is 10.2 Å². The van der Waals surface area contributed by atoms with E-state index in [2.05, 4.69) is 20.2 Å². The minimum absolute atomic E-state index is 0.119. The highest BCUT2D eigenvalue weighted by Gasteiger charge is 2.22. The molecule has 1 aromatic heterocycles. The molecule has 0 radical (unpaired) electrons. The molecule has 1 aromatic carbocycles. The van der Waals surface area contributed by atoms with Crippen LogP contribution < -0.4 is 10.0 Å². The number of rotatable bonds is 7. The molecule has 0 atom stereocenters. The molecule has 0 bridgehead atoms. The van der Waals surface area contributed by atoms with Gasteiger partial charge in [0, 0.05) is 18.2 Å². The summed E-state index contributed by atoms with van der Waals surface area (Å²) in [5.74, 6) is 0.902. The molecule has 2 N–H and O–H groups in total. The van der Waals surface area contributed by atoms with Crippen LogP contribution in [0.3, 0.4) is 0 Å². The molecule has 8 heteroatoms. The Labute approximate surface area is 159 Å². The highest BCUT2D eigenvalue weighted by molar-refractivity contribution is 7.89. The van der Waals surface area contributed by atoms with Crippen molar-refractivity contribution in [2.45, 2.75) is 38.6 Å². The van der Waals surface area contributed by atoms with Gasteiger partial charge in [-0.1, -0.05) is 12.1 Å². The van der Waals surface area contributed by atoms with Crippen LogP contribution in [0.5, 0.6) is 0 Å². The number of hydrogen-bond donors (Lipinski definition) is 2. The molecular formula is C19H25FN4O2S. The molecule has 146 valence electrons. The minimum Gasteiger partial charge on any atom is -0.366 e. The molecule has 0 amide bonds. The number of benzene rings is 1. The second kappa shape index (κ2) is 8.75. The second-order valence-corrected chi connectivity index (χ2v) is 9.02. The van der Waals surface area contributed by atoms with Gasteiger partial charge in [0.1, 0.15) is 11.6 Å². The largest absolute Gasteiger partial charge is 0.366 e. The van der Waals surface area contributed by atoms with Gasteiger partial charge in [-0.3, -0.25) is 0 Å². The van der Waals surface area contributed by atoms with Gasteiger partial charge < -0.3 is 5.32 Å². The van der Waals surface area contributed by atoms with Crippen LogP contribution in [0, 0.1) is 11.7 Å². The Kier molecular flexibility index (Phi) is 6.38. The van der Waals surface area contributed by atoms with Gasteiger partial charge in [0.2, 0.25) is 10.0 Å². The zero-order valence-electron chi connectivity index (χ0n) is 15.4. The molecule has 27 heavy (non-hydrogen) atoms. The van der Waals surface area contributed by atoms with E-state index in [1.165, 1.54) is 12.1 Å². The fourth-order valence-electron chi connectivity index (χ4n) is 3.28. The molecule has 1 aliphatic carbocycles. The highest BCUT2D eigenvalue weighted by Crippen LogP contribution is 2.26. The van der Waals surface area contributed by atoms with E-state index in [0.717, 1.165) is 25.7 Å². The van der Waals surface area contributed by atoms with Crippen molar-refractivity contribution in [3.63, 3.8) is 0 Å². The molecule has 3 rings (SSSR count). The summed E-state index contributed by atoms with van der Waals surface area (Å²) in [6.07, 6.45) is 3.87. The topological polar surface area (TPSA) is 84.0 Å². The van der Waals surface area contributed by atoms with Gasteiger partial charge in [0.25, 0.3) is 0 Å². The average Bonchev–Trinajstić information content (AvgIpc) is 2.68. The fraction of sp³-hybridized carbons (Fsp3) is 0.474. The summed E-state index contributed by atoms with van der Waals surface area (Å²) in [5, 5.41) is 11.8. The number of hydrogen-bond acceptors (Lipinski definition) is 5. The number of anilines is 1. The van der Waals surface area contributed by atoms with Crippen molar-refractivity contribution in [1.82, 2.24) is 14.9 Å². The van der Waals surface area contributed by atoms with E-state index in [0.29, 0.717) is 35.6 Å². The standard InChI is InChI=1S/C19H25FN4O2S/c1-2-27(25,26)21-13-14-6-8-17(9-7-14)22-19-11-10-18(23-24-19)15-4-3-5-16(20)12-15/h3-5,10-12,14,17,21H,2,6-9,13H2,1H3,(H,22,24). The average molecular weight is 393 g/mol. The maximum Gasteiger partial charge on any atom is 0.211 e. The lowest BCUT2D eigenvalue weighted by Gasteiger charge is -2.29. The van der Waals surface area contributed by atoms with E-state index in [1.807, 2.05) is 12.1 Å². The molecule has 1 saturated carbocycles. The lowest BCUT2D eigenvalue weighted by molar-refractivity contribution is 0.337. The molecule has 0 spiro atoms. The Bertz CT molecular complexity index is 850. The van der Waals surface area contributed by atoms with Crippen molar-refractivity contribution in [2.24, 2.45) is 5.92 Å². The minimum atomic E-state index is -3.12. The van der Waals surface area contributed by atoms with Gasteiger partial charge in [0.05, 0.1) is 11.4 Å². The van der Waals surface area contributed by atoms with Crippen molar-refractivity contribution in [3.8, 4) is 11.3 Å². The van der Waals surface area contributed by atoms with Gasteiger partial charge in [0.15, 0.2) is 0 Å². The van der Waals surface area contributed by atoms with Gasteiger partial charge >= 0.3 is 0 Å². The lowest BCUT2D eigenvalue weighted by Crippen LogP contribution is -2.34. The first-order valence-electron chi connectivity index (χ1n) is 9.28. The van der Waals surface area contributed by atoms with Crippen molar-refractivity contribution in [3.05, 3.63) is 42.2 Å². The summed E-state index contributed by atoms with van der Waals surface area (Å²) < 4.78 is 39.1. The van der Waals surface area contributed by atoms with E-state index < -0.39 is 10.0 Å². The number of halogens is 1. The van der Waals surface area contributed by atoms with E-state index in [1.54, 1.807) is 19.1 Å². The Morgan fingerprint density at radius 3 is 2.52 bits per heavy atom. The van der Waals surface area contributed by atoms with Gasteiger partial charge in [-0.05, 0) is 62.8 Å². The number of aromatic nitrogens is 2. The van der Waals surface area contributed by atoms with Crippen LogP contribution in [-0.2, 0) is 10.0 Å². The SMILES string of the molecule is CCS(=O)(=O)NCC1CCC(Nc2ccc(-c3cccc(F)c3)nn2)CC1. The molecule has 0 saturated heterocycles. The smallest absolute Gasteiger partial charge is 0.211 e. The Morgan fingerprint density at radius 2 is 1.89 bits per heavy atom. The number of nitrogens with zero attached hydrogens (tertiary/aromatic N) is 2. The van der Waals surface area contributed by atoms with E-state index >= 15 is 0 Å². The van der Waals surface area contributed by atoms with E-state index in [4.69, 9.17) is 0 Å². The van der Waals surface area contributed by atoms with Crippen LogP contribution in [0.2, 0.25) is 0 Å². The third-order valence-corrected chi connectivity index (χ3v) is 6.32. The zero-order valence-corrected chi connectivity index (χ0v) is 16.2. The summed E-state index contributed by atoms with van der Waals surface area (Å²) in [7, 11) is -3.12. The first-order valence-corrected chi connectivity index (χ1v) is 10.9. The first-order chi connectivity index (χ1) is 12.9. The normalized spacial score (nSPS) is 20.4. The maximum atomic E-state index is 13.3. The van der Waals surface area contributed by atoms with Crippen LogP contribution in [0.15, 0.2) is 36.4 Å². The summed E-state index contributed by atoms with van der Waals surface area (Å²) in [6, 6.07) is 10.3.